The minimum atomic E-state index is 1.00. The molecule has 0 saturated heterocycles. The predicted octanol–water partition coefficient (Wildman–Crippen LogP) is 15.6. The van der Waals surface area contributed by atoms with Gasteiger partial charge in [0.05, 0.1) is 22.8 Å². The summed E-state index contributed by atoms with van der Waals surface area (Å²) in [5.74, 6) is 0. The Morgan fingerprint density at radius 2 is 0.702 bits per heavy atom. The minimum Gasteiger partial charge on any atom is -0.355 e. The third kappa shape index (κ3) is 12.1. The number of nitrogens with zero attached hydrogens (tertiary/aromatic N) is 3. The van der Waals surface area contributed by atoms with E-state index >= 15 is 0 Å². The fraction of sp³-hybridized carbons (Fsp3) is 0.519. The number of aryl methyl sites for hydroxylation is 2. The van der Waals surface area contributed by atoms with Gasteiger partial charge in [-0.05, 0) is 105 Å². The first kappa shape index (κ1) is 42.4. The highest BCUT2D eigenvalue weighted by molar-refractivity contribution is 5.94. The third-order valence-corrected chi connectivity index (χ3v) is 12.1. The molecule has 4 aromatic heterocycles. The van der Waals surface area contributed by atoms with E-state index in [0.29, 0.717) is 0 Å². The Hall–Kier alpha value is -4.25. The first-order valence-electron chi connectivity index (χ1n) is 23.2. The number of pyridine rings is 1. The molecule has 4 aromatic rings. The van der Waals surface area contributed by atoms with Crippen molar-refractivity contribution in [1.82, 2.24) is 24.9 Å². The normalized spacial score (nSPS) is 12.3. The van der Waals surface area contributed by atoms with Crippen molar-refractivity contribution >= 4 is 46.4 Å². The zero-order chi connectivity index (χ0) is 39.5. The monoisotopic (exact) mass is 766 g/mol. The van der Waals surface area contributed by atoms with Crippen LogP contribution in [-0.4, -0.2) is 24.9 Å². The molecule has 0 fully saturated rings. The number of fused-ring (bicyclic) bond motifs is 8. The van der Waals surface area contributed by atoms with Crippen molar-refractivity contribution in [3.63, 3.8) is 0 Å². The van der Waals surface area contributed by atoms with Crippen LogP contribution in [0.25, 0.3) is 57.5 Å². The van der Waals surface area contributed by atoms with Crippen LogP contribution >= 0.6 is 0 Å². The number of aromatic amines is 2. The quantitative estimate of drug-likeness (QED) is 0.0570. The van der Waals surface area contributed by atoms with Gasteiger partial charge >= 0.3 is 0 Å². The lowest BCUT2D eigenvalue weighted by Crippen LogP contribution is -1.97. The van der Waals surface area contributed by atoms with E-state index in [2.05, 4.69) is 96.4 Å². The predicted molar refractivity (Wildman–Crippen MR) is 247 cm³/mol. The smallest absolute Gasteiger partial charge is 0.0691 e. The summed E-state index contributed by atoms with van der Waals surface area (Å²) < 4.78 is 0. The summed E-state index contributed by atoms with van der Waals surface area (Å²) in [5, 5.41) is 0. The maximum Gasteiger partial charge on any atom is 0.0691 e. The molecule has 2 aliphatic heterocycles. The van der Waals surface area contributed by atoms with Crippen molar-refractivity contribution in [2.75, 3.05) is 0 Å². The lowest BCUT2D eigenvalue weighted by molar-refractivity contribution is 0.588. The van der Waals surface area contributed by atoms with E-state index in [9.17, 15) is 0 Å². The Balaban J connectivity index is 1.47. The fourth-order valence-electron chi connectivity index (χ4n) is 8.77. The molecule has 0 aliphatic carbocycles. The van der Waals surface area contributed by atoms with Crippen LogP contribution in [0.5, 0.6) is 0 Å². The minimum absolute atomic E-state index is 1.00. The molecule has 5 nitrogen and oxygen atoms in total. The highest BCUT2D eigenvalue weighted by Gasteiger charge is 2.17. The Morgan fingerprint density at radius 1 is 0.368 bits per heavy atom. The molecular weight excluding hydrogens is 695 g/mol. The molecule has 304 valence electrons. The summed E-state index contributed by atoms with van der Waals surface area (Å²) in [5.41, 5.74) is 15.1. The van der Waals surface area contributed by atoms with Gasteiger partial charge in [0.2, 0.25) is 0 Å². The molecule has 57 heavy (non-hydrogen) atoms. The Labute approximate surface area is 344 Å². The van der Waals surface area contributed by atoms with Crippen molar-refractivity contribution in [2.45, 2.75) is 175 Å². The van der Waals surface area contributed by atoms with E-state index < -0.39 is 0 Å². The van der Waals surface area contributed by atoms with Gasteiger partial charge in [0.1, 0.15) is 0 Å². The van der Waals surface area contributed by atoms with E-state index in [-0.39, 0.29) is 0 Å². The molecule has 2 N–H and O–H groups in total. The molecule has 0 aromatic carbocycles. The van der Waals surface area contributed by atoms with Gasteiger partial charge in [-0.2, -0.15) is 0 Å². The highest BCUT2D eigenvalue weighted by Crippen LogP contribution is 2.32. The van der Waals surface area contributed by atoms with Crippen LogP contribution in [-0.2, 0) is 19.3 Å². The van der Waals surface area contributed by atoms with Crippen LogP contribution in [0.1, 0.15) is 195 Å². The second kappa shape index (κ2) is 23.2. The largest absolute Gasteiger partial charge is 0.355 e. The summed E-state index contributed by atoms with van der Waals surface area (Å²) in [6.45, 7) is 6.89. The lowest BCUT2D eigenvalue weighted by atomic mass is 10.0. The molecule has 6 heterocycles. The van der Waals surface area contributed by atoms with E-state index in [1.54, 1.807) is 0 Å². The summed E-state index contributed by atoms with van der Waals surface area (Å²) in [4.78, 5) is 23.2. The van der Waals surface area contributed by atoms with Crippen LogP contribution < -0.4 is 0 Å². The van der Waals surface area contributed by atoms with Gasteiger partial charge in [-0.1, -0.05) is 136 Å². The Kier molecular flexibility index (Phi) is 17.3. The zero-order valence-electron chi connectivity index (χ0n) is 35.7. The van der Waals surface area contributed by atoms with Crippen LogP contribution in [0.4, 0.5) is 0 Å². The number of hydrogen-bond acceptors (Lipinski definition) is 3. The van der Waals surface area contributed by atoms with Gasteiger partial charge in [0, 0.05) is 56.7 Å². The highest BCUT2D eigenvalue weighted by atomic mass is 14.8. The average Bonchev–Trinajstić information content (AvgIpc) is 4.08. The van der Waals surface area contributed by atoms with Gasteiger partial charge in [0.15, 0.2) is 0 Å². The molecule has 0 amide bonds. The summed E-state index contributed by atoms with van der Waals surface area (Å²) in [6.07, 6.45) is 43.1. The molecule has 5 heteroatoms. The van der Waals surface area contributed by atoms with E-state index in [0.717, 1.165) is 64.2 Å². The number of rotatable bonds is 25. The number of aromatic nitrogens is 5. The van der Waals surface area contributed by atoms with Gasteiger partial charge in [-0.15, -0.1) is 0 Å². The molecule has 0 unspecified atom stereocenters. The fourth-order valence-corrected chi connectivity index (χ4v) is 8.77. The lowest BCUT2D eigenvalue weighted by Gasteiger charge is -2.07. The van der Waals surface area contributed by atoms with Gasteiger partial charge in [0.25, 0.3) is 0 Å². The number of unbranched alkanes of at least 4 members (excludes halogenated alkanes) is 18. The topological polar surface area (TPSA) is 70.2 Å². The molecule has 0 spiro atoms. The zero-order valence-corrected chi connectivity index (χ0v) is 35.7. The maximum absolute atomic E-state index is 5.49. The van der Waals surface area contributed by atoms with Crippen LogP contribution in [0.2, 0.25) is 0 Å². The van der Waals surface area contributed by atoms with Crippen molar-refractivity contribution in [1.29, 1.82) is 0 Å². The van der Waals surface area contributed by atoms with E-state index in [1.807, 2.05) is 12.4 Å². The summed E-state index contributed by atoms with van der Waals surface area (Å²) >= 11 is 0. The molecule has 8 bridgehead atoms. The van der Waals surface area contributed by atoms with E-state index in [1.165, 1.54) is 163 Å². The van der Waals surface area contributed by atoms with Gasteiger partial charge in [-0.3, -0.25) is 4.98 Å². The van der Waals surface area contributed by atoms with Crippen molar-refractivity contribution in [3.8, 4) is 11.1 Å². The molecule has 0 radical (unpaired) electrons. The van der Waals surface area contributed by atoms with Gasteiger partial charge in [-0.25, -0.2) is 9.97 Å². The third-order valence-electron chi connectivity index (χ3n) is 12.1. The van der Waals surface area contributed by atoms with Crippen molar-refractivity contribution < 1.29 is 0 Å². The Morgan fingerprint density at radius 3 is 1.11 bits per heavy atom. The van der Waals surface area contributed by atoms with Crippen molar-refractivity contribution in [2.24, 2.45) is 0 Å². The van der Waals surface area contributed by atoms with Gasteiger partial charge < -0.3 is 9.97 Å². The van der Waals surface area contributed by atoms with Crippen molar-refractivity contribution in [3.05, 3.63) is 88.3 Å². The molecule has 2 aliphatic rings. The number of hydrogen-bond donors (Lipinski definition) is 2. The Bertz CT molecular complexity index is 1930. The standard InChI is InChI=1S/C52H71N5/c1-4-7-10-13-16-19-22-25-41-44-28-30-46(54-44)42(26-23-20-17-14-11-8-5-2)48-32-34-50(56-48)52(40-36-38-53-39-37-40)51-35-33-49(57-51)43(47-31-29-45(41)55-47)27-24-21-18-15-12-9-6-3/h28-39,56-57H,4-27H2,1-3H3. The molecule has 6 rings (SSSR count). The molecular formula is C52H71N5. The van der Waals surface area contributed by atoms with Crippen LogP contribution in [0, 0.1) is 0 Å². The van der Waals surface area contributed by atoms with Crippen LogP contribution in [0.15, 0.2) is 48.8 Å². The first-order valence-corrected chi connectivity index (χ1v) is 23.2. The summed E-state index contributed by atoms with van der Waals surface area (Å²) in [6, 6.07) is 13.4. The maximum atomic E-state index is 5.49. The second-order valence-corrected chi connectivity index (χ2v) is 16.7. The summed E-state index contributed by atoms with van der Waals surface area (Å²) in [7, 11) is 0. The SMILES string of the molecule is CCCCCCCCCc1c2nc(c(CCCCCCCCC)c3ccc([nH]3)c(-c3ccncc3)c3ccc([nH]3)c(CCCCCCCCC)c3nc1C=C3)C=C2. The molecule has 0 atom stereocenters. The second-order valence-electron chi connectivity index (χ2n) is 16.7. The first-order chi connectivity index (χ1) is 28.2. The average molecular weight is 766 g/mol. The number of H-pyrrole nitrogens is 2. The molecule has 0 saturated carbocycles. The number of nitrogens with one attached hydrogen (secondary N) is 2. The van der Waals surface area contributed by atoms with E-state index in [4.69, 9.17) is 9.97 Å². The van der Waals surface area contributed by atoms with Crippen LogP contribution in [0.3, 0.4) is 0 Å².